The van der Waals surface area contributed by atoms with Crippen molar-refractivity contribution in [2.75, 3.05) is 31.1 Å². The lowest BCUT2D eigenvalue weighted by Crippen LogP contribution is -2.28. The molecule has 0 aliphatic carbocycles. The highest BCUT2D eigenvalue weighted by Crippen LogP contribution is 2.20. The van der Waals surface area contributed by atoms with Crippen molar-refractivity contribution >= 4 is 11.7 Å². The van der Waals surface area contributed by atoms with E-state index in [1.165, 1.54) is 19.2 Å². The Labute approximate surface area is 135 Å². The van der Waals surface area contributed by atoms with Gasteiger partial charge in [0.1, 0.15) is 18.8 Å². The van der Waals surface area contributed by atoms with Gasteiger partial charge >= 0.3 is 0 Å². The zero-order valence-corrected chi connectivity index (χ0v) is 12.9. The van der Waals surface area contributed by atoms with E-state index in [1.807, 2.05) is 24.3 Å². The van der Waals surface area contributed by atoms with Crippen molar-refractivity contribution in [3.05, 3.63) is 48.3 Å². The fraction of sp³-hybridized carbons (Fsp3) is 0.353. The van der Waals surface area contributed by atoms with E-state index in [-0.39, 0.29) is 5.91 Å². The topological polar surface area (TPSA) is 67.3 Å². The van der Waals surface area contributed by atoms with Crippen LogP contribution in [0.5, 0.6) is 5.88 Å². The molecule has 1 aromatic heterocycles. The quantitative estimate of drug-likeness (QED) is 0.825. The second kappa shape index (κ2) is 7.58. The highest BCUT2D eigenvalue weighted by Gasteiger charge is 2.14. The molecule has 1 saturated heterocycles. The van der Waals surface area contributed by atoms with E-state index in [9.17, 15) is 4.79 Å². The number of benzene rings is 1. The molecule has 0 radical (unpaired) electrons. The summed E-state index contributed by atoms with van der Waals surface area (Å²) in [7, 11) is 0. The van der Waals surface area contributed by atoms with E-state index in [0.717, 1.165) is 18.9 Å². The maximum atomic E-state index is 11.9. The van der Waals surface area contributed by atoms with Crippen LogP contribution < -0.4 is 15.0 Å². The molecule has 1 aliphatic rings. The van der Waals surface area contributed by atoms with Crippen LogP contribution in [0.15, 0.2) is 42.7 Å². The molecule has 0 spiro atoms. The molecule has 23 heavy (non-hydrogen) atoms. The van der Waals surface area contributed by atoms with Crippen LogP contribution >= 0.6 is 0 Å². The van der Waals surface area contributed by atoms with Gasteiger partial charge < -0.3 is 15.0 Å². The summed E-state index contributed by atoms with van der Waals surface area (Å²) < 4.78 is 5.60. The summed E-state index contributed by atoms with van der Waals surface area (Å²) in [6.07, 6.45) is 3.92. The molecule has 0 unspecified atom stereocenters. The number of anilines is 1. The fourth-order valence-electron chi connectivity index (χ4n) is 2.54. The van der Waals surface area contributed by atoms with Crippen LogP contribution in [0.1, 0.15) is 23.2 Å². The van der Waals surface area contributed by atoms with Gasteiger partial charge in [0.15, 0.2) is 0 Å². The highest BCUT2D eigenvalue weighted by atomic mass is 16.5. The molecule has 3 rings (SSSR count). The molecule has 120 valence electrons. The van der Waals surface area contributed by atoms with Crippen molar-refractivity contribution in [1.29, 1.82) is 0 Å². The number of aromatic nitrogens is 2. The Bertz CT molecular complexity index is 642. The first-order chi connectivity index (χ1) is 11.3. The third-order valence-corrected chi connectivity index (χ3v) is 3.73. The molecular formula is C17H20N4O2. The monoisotopic (exact) mass is 312 g/mol. The van der Waals surface area contributed by atoms with Gasteiger partial charge in [-0.25, -0.2) is 9.97 Å². The molecule has 1 N–H and O–H groups in total. The zero-order valence-electron chi connectivity index (χ0n) is 12.9. The van der Waals surface area contributed by atoms with E-state index in [4.69, 9.17) is 4.74 Å². The molecule has 2 heterocycles. The van der Waals surface area contributed by atoms with Crippen molar-refractivity contribution in [2.24, 2.45) is 0 Å². The maximum absolute atomic E-state index is 11.9. The number of ether oxygens (including phenoxy) is 1. The maximum Gasteiger partial charge on any atom is 0.251 e. The Hall–Kier alpha value is -2.63. The lowest BCUT2D eigenvalue weighted by atomic mass is 10.2. The normalized spacial score (nSPS) is 13.8. The fourth-order valence-corrected chi connectivity index (χ4v) is 2.54. The number of carbonyl (C=O) groups excluding carboxylic acids is 1. The van der Waals surface area contributed by atoms with Crippen LogP contribution in [-0.2, 0) is 0 Å². The van der Waals surface area contributed by atoms with Crippen LogP contribution in [0.25, 0.3) is 0 Å². The Kier molecular flexibility index (Phi) is 5.03. The Morgan fingerprint density at radius 2 is 1.96 bits per heavy atom. The van der Waals surface area contributed by atoms with E-state index < -0.39 is 0 Å². The van der Waals surface area contributed by atoms with Gasteiger partial charge in [0, 0.05) is 24.7 Å². The average Bonchev–Trinajstić information content (AvgIpc) is 3.14. The summed E-state index contributed by atoms with van der Waals surface area (Å²) in [5.41, 5.74) is 0.644. The van der Waals surface area contributed by atoms with E-state index in [0.29, 0.717) is 24.6 Å². The first-order valence-corrected chi connectivity index (χ1v) is 7.86. The average molecular weight is 312 g/mol. The summed E-state index contributed by atoms with van der Waals surface area (Å²) in [6.45, 7) is 2.86. The molecule has 6 nitrogen and oxygen atoms in total. The number of hydrogen-bond donors (Lipinski definition) is 1. The van der Waals surface area contributed by atoms with E-state index in [2.05, 4.69) is 20.2 Å². The summed E-state index contributed by atoms with van der Waals surface area (Å²) in [5, 5.41) is 2.82. The minimum Gasteiger partial charge on any atom is -0.476 e. The third-order valence-electron chi connectivity index (χ3n) is 3.73. The molecule has 2 aromatic rings. The van der Waals surface area contributed by atoms with Crippen molar-refractivity contribution in [3.8, 4) is 5.88 Å². The largest absolute Gasteiger partial charge is 0.476 e. The van der Waals surface area contributed by atoms with Gasteiger partial charge in [-0.15, -0.1) is 0 Å². The third kappa shape index (κ3) is 4.18. The summed E-state index contributed by atoms with van der Waals surface area (Å²) >= 11 is 0. The molecule has 1 aromatic carbocycles. The minimum absolute atomic E-state index is 0.102. The zero-order chi connectivity index (χ0) is 15.9. The summed E-state index contributed by atoms with van der Waals surface area (Å²) in [5.74, 6) is 1.34. The van der Waals surface area contributed by atoms with Gasteiger partial charge in [0.2, 0.25) is 5.88 Å². The van der Waals surface area contributed by atoms with Gasteiger partial charge in [-0.05, 0) is 25.0 Å². The lowest BCUT2D eigenvalue weighted by molar-refractivity contribution is 0.0946. The van der Waals surface area contributed by atoms with Crippen LogP contribution in [0.4, 0.5) is 5.82 Å². The molecule has 1 fully saturated rings. The number of nitrogens with zero attached hydrogens (tertiary/aromatic N) is 3. The summed E-state index contributed by atoms with van der Waals surface area (Å²) in [6, 6.07) is 11.0. The Morgan fingerprint density at radius 1 is 1.17 bits per heavy atom. The SMILES string of the molecule is O=C(NCCOc1cc(N2CCCC2)ncn1)c1ccccc1. The van der Waals surface area contributed by atoms with Gasteiger partial charge in [-0.1, -0.05) is 18.2 Å². The number of nitrogens with one attached hydrogen (secondary N) is 1. The van der Waals surface area contributed by atoms with Crippen molar-refractivity contribution in [3.63, 3.8) is 0 Å². The van der Waals surface area contributed by atoms with Gasteiger partial charge in [-0.3, -0.25) is 4.79 Å². The number of rotatable bonds is 6. The van der Waals surface area contributed by atoms with Gasteiger partial charge in [-0.2, -0.15) is 0 Å². The molecule has 0 saturated carbocycles. The lowest BCUT2D eigenvalue weighted by Gasteiger charge is -2.16. The van der Waals surface area contributed by atoms with Crippen molar-refractivity contribution < 1.29 is 9.53 Å². The second-order valence-corrected chi connectivity index (χ2v) is 5.38. The second-order valence-electron chi connectivity index (χ2n) is 5.38. The van der Waals surface area contributed by atoms with Crippen LogP contribution in [0, 0.1) is 0 Å². The van der Waals surface area contributed by atoms with Crippen LogP contribution in [0.3, 0.4) is 0 Å². The predicted molar refractivity (Wildman–Crippen MR) is 87.7 cm³/mol. The smallest absolute Gasteiger partial charge is 0.251 e. The highest BCUT2D eigenvalue weighted by molar-refractivity contribution is 5.94. The van der Waals surface area contributed by atoms with Crippen LogP contribution in [0.2, 0.25) is 0 Å². The van der Waals surface area contributed by atoms with E-state index in [1.54, 1.807) is 12.1 Å². The molecule has 6 heteroatoms. The van der Waals surface area contributed by atoms with E-state index >= 15 is 0 Å². The molecule has 1 aliphatic heterocycles. The number of amides is 1. The molecular weight excluding hydrogens is 292 g/mol. The Balaban J connectivity index is 1.45. The van der Waals surface area contributed by atoms with Crippen molar-refractivity contribution in [1.82, 2.24) is 15.3 Å². The standard InChI is InChI=1S/C17H20N4O2/c22-17(14-6-2-1-3-7-14)18-8-11-23-16-12-15(19-13-20-16)21-9-4-5-10-21/h1-3,6-7,12-13H,4-5,8-11H2,(H,18,22). The molecule has 1 amide bonds. The Morgan fingerprint density at radius 3 is 2.74 bits per heavy atom. The molecule has 0 bridgehead atoms. The molecule has 0 atom stereocenters. The predicted octanol–water partition coefficient (Wildman–Crippen LogP) is 1.89. The number of hydrogen-bond acceptors (Lipinski definition) is 5. The first kappa shape index (κ1) is 15.3. The minimum atomic E-state index is -0.102. The van der Waals surface area contributed by atoms with Gasteiger partial charge in [0.25, 0.3) is 5.91 Å². The number of carbonyl (C=O) groups is 1. The van der Waals surface area contributed by atoms with Crippen molar-refractivity contribution in [2.45, 2.75) is 12.8 Å². The van der Waals surface area contributed by atoms with Gasteiger partial charge in [0.05, 0.1) is 6.54 Å². The van der Waals surface area contributed by atoms with Crippen LogP contribution in [-0.4, -0.2) is 42.1 Å². The summed E-state index contributed by atoms with van der Waals surface area (Å²) in [4.78, 5) is 22.5. The first-order valence-electron chi connectivity index (χ1n) is 7.86.